The molecule has 0 radical (unpaired) electrons. The molecule has 0 spiro atoms. The van der Waals surface area contributed by atoms with E-state index >= 15 is 0 Å². The highest BCUT2D eigenvalue weighted by Crippen LogP contribution is 2.23. The molecule has 0 saturated heterocycles. The van der Waals surface area contributed by atoms with Gasteiger partial charge in [-0.25, -0.2) is 0 Å². The second kappa shape index (κ2) is 6.16. The van der Waals surface area contributed by atoms with Gasteiger partial charge < -0.3 is 5.32 Å². The van der Waals surface area contributed by atoms with Crippen molar-refractivity contribution in [2.75, 3.05) is 5.32 Å². The second-order valence-electron chi connectivity index (χ2n) is 3.90. The molecule has 0 aliphatic heterocycles. The molecule has 1 aromatic carbocycles. The first-order chi connectivity index (χ1) is 8.70. The highest BCUT2D eigenvalue weighted by Gasteiger charge is 2.03. The van der Waals surface area contributed by atoms with E-state index in [0.29, 0.717) is 6.42 Å². The molecule has 2 rings (SSSR count). The van der Waals surface area contributed by atoms with E-state index in [1.807, 2.05) is 37.3 Å². The maximum atomic E-state index is 11.5. The quantitative estimate of drug-likeness (QED) is 0.807. The smallest absolute Gasteiger partial charge is 0.162 e. The van der Waals surface area contributed by atoms with E-state index < -0.39 is 0 Å². The molecule has 0 aliphatic rings. The summed E-state index contributed by atoms with van der Waals surface area (Å²) in [6.45, 7) is 2.67. The Hall–Kier alpha value is -1.13. The summed E-state index contributed by atoms with van der Waals surface area (Å²) in [6, 6.07) is 9.69. The van der Waals surface area contributed by atoms with Crippen LogP contribution in [0.25, 0.3) is 0 Å². The average molecular weight is 324 g/mol. The molecule has 0 unspecified atom stereocenters. The Morgan fingerprint density at radius 2 is 2.00 bits per heavy atom. The van der Waals surface area contributed by atoms with Gasteiger partial charge in [0.1, 0.15) is 0 Å². The van der Waals surface area contributed by atoms with Crippen molar-refractivity contribution in [3.63, 3.8) is 0 Å². The third-order valence-corrected chi connectivity index (χ3v) is 4.60. The average Bonchev–Trinajstić information content (AvgIpc) is 2.81. The minimum absolute atomic E-state index is 0.183. The summed E-state index contributed by atoms with van der Waals surface area (Å²) in [7, 11) is 0. The molecule has 1 heterocycles. The Balaban J connectivity index is 1.98. The molecule has 0 saturated carbocycles. The molecule has 2 nitrogen and oxygen atoms in total. The lowest BCUT2D eigenvalue weighted by Gasteiger charge is -2.06. The third-order valence-electron chi connectivity index (χ3n) is 2.67. The number of hydrogen-bond acceptors (Lipinski definition) is 3. The van der Waals surface area contributed by atoms with Crippen LogP contribution in [0.3, 0.4) is 0 Å². The van der Waals surface area contributed by atoms with Crippen molar-refractivity contribution < 1.29 is 4.79 Å². The zero-order valence-electron chi connectivity index (χ0n) is 10.1. The van der Waals surface area contributed by atoms with Crippen LogP contribution in [0.1, 0.15) is 28.6 Å². The Labute approximate surface area is 119 Å². The molecule has 1 N–H and O–H groups in total. The van der Waals surface area contributed by atoms with Gasteiger partial charge in [-0.05, 0) is 51.6 Å². The lowest BCUT2D eigenvalue weighted by atomic mass is 10.1. The number of benzene rings is 1. The van der Waals surface area contributed by atoms with Crippen molar-refractivity contribution in [1.29, 1.82) is 0 Å². The minimum Gasteiger partial charge on any atom is -0.380 e. The predicted octanol–water partition coefficient (Wildman–Crippen LogP) is 4.72. The minimum atomic E-state index is 0.183. The second-order valence-corrected chi connectivity index (χ2v) is 5.75. The first-order valence-electron chi connectivity index (χ1n) is 5.79. The Bertz CT molecular complexity index is 533. The zero-order valence-corrected chi connectivity index (χ0v) is 12.5. The first kappa shape index (κ1) is 13.3. The van der Waals surface area contributed by atoms with Crippen LogP contribution in [0.15, 0.2) is 40.2 Å². The van der Waals surface area contributed by atoms with Gasteiger partial charge in [-0.1, -0.05) is 6.92 Å². The number of rotatable bonds is 5. The molecule has 94 valence electrons. The molecule has 18 heavy (non-hydrogen) atoms. The van der Waals surface area contributed by atoms with Gasteiger partial charge in [-0.15, -0.1) is 11.3 Å². The maximum Gasteiger partial charge on any atom is 0.162 e. The normalized spacial score (nSPS) is 10.3. The van der Waals surface area contributed by atoms with E-state index in [1.165, 1.54) is 4.88 Å². The maximum absolute atomic E-state index is 11.5. The van der Waals surface area contributed by atoms with E-state index in [1.54, 1.807) is 11.3 Å². The molecule has 0 fully saturated rings. The van der Waals surface area contributed by atoms with Gasteiger partial charge in [0.25, 0.3) is 0 Å². The summed E-state index contributed by atoms with van der Waals surface area (Å²) < 4.78 is 1.14. The lowest BCUT2D eigenvalue weighted by molar-refractivity contribution is 0.0988. The van der Waals surface area contributed by atoms with Crippen LogP contribution in [0.4, 0.5) is 5.69 Å². The van der Waals surface area contributed by atoms with Gasteiger partial charge >= 0.3 is 0 Å². The van der Waals surface area contributed by atoms with Gasteiger partial charge in [-0.2, -0.15) is 0 Å². The summed E-state index contributed by atoms with van der Waals surface area (Å²) in [4.78, 5) is 12.8. The van der Waals surface area contributed by atoms with E-state index in [9.17, 15) is 4.79 Å². The largest absolute Gasteiger partial charge is 0.380 e. The molecule has 0 bridgehead atoms. The summed E-state index contributed by atoms with van der Waals surface area (Å²) in [5, 5.41) is 5.40. The van der Waals surface area contributed by atoms with E-state index in [4.69, 9.17) is 0 Å². The van der Waals surface area contributed by atoms with Crippen LogP contribution in [-0.2, 0) is 6.54 Å². The topological polar surface area (TPSA) is 29.1 Å². The van der Waals surface area contributed by atoms with Crippen molar-refractivity contribution in [3.8, 4) is 0 Å². The Kier molecular flexibility index (Phi) is 4.55. The van der Waals surface area contributed by atoms with Gasteiger partial charge in [0.15, 0.2) is 5.78 Å². The van der Waals surface area contributed by atoms with E-state index in [-0.39, 0.29) is 5.78 Å². The monoisotopic (exact) mass is 323 g/mol. The molecule has 0 atom stereocenters. The fourth-order valence-electron chi connectivity index (χ4n) is 1.61. The van der Waals surface area contributed by atoms with Crippen molar-refractivity contribution in [3.05, 3.63) is 50.6 Å². The highest BCUT2D eigenvalue weighted by atomic mass is 79.9. The molecule has 2 aromatic rings. The molecule has 0 amide bonds. The van der Waals surface area contributed by atoms with Crippen LogP contribution < -0.4 is 5.32 Å². The van der Waals surface area contributed by atoms with Crippen LogP contribution in [0, 0.1) is 0 Å². The number of Topliss-reactive ketones (excluding diaryl/α,β-unsaturated/α-hetero) is 1. The van der Waals surface area contributed by atoms with Gasteiger partial charge in [0.2, 0.25) is 0 Å². The van der Waals surface area contributed by atoms with Crippen LogP contribution >= 0.6 is 27.3 Å². The van der Waals surface area contributed by atoms with Crippen LogP contribution in [-0.4, -0.2) is 5.78 Å². The van der Waals surface area contributed by atoms with Gasteiger partial charge in [0.05, 0.1) is 6.54 Å². The number of anilines is 1. The Morgan fingerprint density at radius 1 is 1.28 bits per heavy atom. The fraction of sp³-hybridized carbons (Fsp3) is 0.214. The molecular formula is C14H14BrNOS. The SMILES string of the molecule is CCC(=O)c1ccc(NCc2sccc2Br)cc1. The number of hydrogen-bond donors (Lipinski definition) is 1. The fourth-order valence-corrected chi connectivity index (χ4v) is 3.04. The highest BCUT2D eigenvalue weighted by molar-refractivity contribution is 9.10. The van der Waals surface area contributed by atoms with E-state index in [2.05, 4.69) is 26.6 Å². The molecule has 1 aromatic heterocycles. The van der Waals surface area contributed by atoms with Gasteiger partial charge in [-0.3, -0.25) is 4.79 Å². The summed E-state index contributed by atoms with van der Waals surface area (Å²) >= 11 is 5.22. The zero-order chi connectivity index (χ0) is 13.0. The number of carbonyl (C=O) groups is 1. The van der Waals surface area contributed by atoms with Gasteiger partial charge in [0, 0.05) is 27.0 Å². The van der Waals surface area contributed by atoms with Crippen LogP contribution in [0.5, 0.6) is 0 Å². The molecule has 0 aliphatic carbocycles. The number of thiophene rings is 1. The number of halogens is 1. The van der Waals surface area contributed by atoms with Crippen molar-refractivity contribution >= 4 is 38.7 Å². The summed E-state index contributed by atoms with van der Waals surface area (Å²) in [5.74, 6) is 0.183. The molecule has 4 heteroatoms. The number of carbonyl (C=O) groups excluding carboxylic acids is 1. The van der Waals surface area contributed by atoms with Crippen molar-refractivity contribution in [2.24, 2.45) is 0 Å². The first-order valence-corrected chi connectivity index (χ1v) is 7.47. The lowest BCUT2D eigenvalue weighted by Crippen LogP contribution is -2.00. The number of ketones is 1. The van der Waals surface area contributed by atoms with Crippen molar-refractivity contribution in [2.45, 2.75) is 19.9 Å². The van der Waals surface area contributed by atoms with Crippen molar-refractivity contribution in [1.82, 2.24) is 0 Å². The third kappa shape index (κ3) is 3.21. The Morgan fingerprint density at radius 3 is 2.56 bits per heavy atom. The van der Waals surface area contributed by atoms with Crippen LogP contribution in [0.2, 0.25) is 0 Å². The summed E-state index contributed by atoms with van der Waals surface area (Å²) in [5.41, 5.74) is 1.81. The molecular weight excluding hydrogens is 310 g/mol. The summed E-state index contributed by atoms with van der Waals surface area (Å²) in [6.07, 6.45) is 0.551. The van der Waals surface area contributed by atoms with E-state index in [0.717, 1.165) is 22.3 Å². The predicted molar refractivity (Wildman–Crippen MR) is 80.4 cm³/mol. The number of nitrogens with one attached hydrogen (secondary N) is 1. The standard InChI is InChI=1S/C14H14BrNOS/c1-2-13(17)10-3-5-11(6-4-10)16-9-14-12(15)7-8-18-14/h3-8,16H,2,9H2,1H3.